The van der Waals surface area contributed by atoms with Gasteiger partial charge in [-0.3, -0.25) is 0 Å². The van der Waals surface area contributed by atoms with Crippen molar-refractivity contribution >= 4 is 0 Å². The van der Waals surface area contributed by atoms with E-state index >= 15 is 0 Å². The van der Waals surface area contributed by atoms with Gasteiger partial charge in [0.05, 0.1) is 11.4 Å². The Morgan fingerprint density at radius 2 is 1.50 bits per heavy atom. The van der Waals surface area contributed by atoms with Crippen molar-refractivity contribution in [3.63, 3.8) is 0 Å². The maximum Gasteiger partial charge on any atom is 0.129 e. The van der Waals surface area contributed by atoms with Gasteiger partial charge in [-0.25, -0.2) is 4.68 Å². The summed E-state index contributed by atoms with van der Waals surface area (Å²) in [7, 11) is 0. The summed E-state index contributed by atoms with van der Waals surface area (Å²) in [6.45, 7) is 1.79. The van der Waals surface area contributed by atoms with Crippen molar-refractivity contribution in [1.29, 1.82) is 0 Å². The van der Waals surface area contributed by atoms with Gasteiger partial charge in [0.25, 0.3) is 0 Å². The summed E-state index contributed by atoms with van der Waals surface area (Å²) < 4.78 is 1.77. The Morgan fingerprint density at radius 1 is 0.900 bits per heavy atom. The van der Waals surface area contributed by atoms with Gasteiger partial charge in [-0.15, -0.1) is 0 Å². The lowest BCUT2D eigenvalue weighted by Gasteiger charge is -2.25. The van der Waals surface area contributed by atoms with Crippen LogP contribution in [0.15, 0.2) is 72.9 Å². The van der Waals surface area contributed by atoms with E-state index in [1.54, 1.807) is 17.8 Å². The van der Waals surface area contributed by atoms with Crippen molar-refractivity contribution in [1.82, 2.24) is 9.78 Å². The molecule has 0 bridgehead atoms. The lowest BCUT2D eigenvalue weighted by Crippen LogP contribution is -2.26. The fourth-order valence-corrected chi connectivity index (χ4v) is 2.36. The highest BCUT2D eigenvalue weighted by atomic mass is 16.3. The quantitative estimate of drug-likeness (QED) is 0.789. The number of aliphatic hydroxyl groups is 1. The number of benzene rings is 2. The molecule has 0 spiro atoms. The molecule has 3 heteroatoms. The Kier molecular flexibility index (Phi) is 3.12. The first-order valence-electron chi connectivity index (χ1n) is 6.57. The molecule has 1 unspecified atom stereocenters. The van der Waals surface area contributed by atoms with Gasteiger partial charge in [0.2, 0.25) is 0 Å². The minimum Gasteiger partial charge on any atom is -0.379 e. The largest absolute Gasteiger partial charge is 0.379 e. The molecular formula is C17H16N2O. The standard InChI is InChI=1S/C17H16N2O/c1-17(20,14-8-4-2-5-9-14)16-12-13-18-19(16)15-10-6-3-7-11-15/h2-13,20H,1H3. The summed E-state index contributed by atoms with van der Waals surface area (Å²) in [6.07, 6.45) is 1.71. The zero-order chi connectivity index (χ0) is 14.0. The summed E-state index contributed by atoms with van der Waals surface area (Å²) in [6, 6.07) is 21.3. The average Bonchev–Trinajstić information content (AvgIpc) is 2.99. The molecule has 0 aliphatic rings. The van der Waals surface area contributed by atoms with Crippen LogP contribution in [0, 0.1) is 0 Å². The summed E-state index contributed by atoms with van der Waals surface area (Å²) in [5.41, 5.74) is 1.43. The molecule has 0 radical (unpaired) electrons. The van der Waals surface area contributed by atoms with Gasteiger partial charge < -0.3 is 5.11 Å². The second kappa shape index (κ2) is 4.94. The number of aromatic nitrogens is 2. The molecule has 1 heterocycles. The van der Waals surface area contributed by atoms with Crippen molar-refractivity contribution in [3.8, 4) is 5.69 Å². The molecule has 2 aromatic carbocycles. The molecule has 3 aromatic rings. The van der Waals surface area contributed by atoms with Gasteiger partial charge in [0.1, 0.15) is 5.60 Å². The van der Waals surface area contributed by atoms with Crippen molar-refractivity contribution in [2.45, 2.75) is 12.5 Å². The van der Waals surface area contributed by atoms with Crippen molar-refractivity contribution < 1.29 is 5.11 Å². The van der Waals surface area contributed by atoms with Gasteiger partial charge in [0, 0.05) is 6.20 Å². The van der Waals surface area contributed by atoms with E-state index in [0.717, 1.165) is 16.9 Å². The Balaban J connectivity index is 2.10. The highest BCUT2D eigenvalue weighted by molar-refractivity contribution is 5.38. The molecule has 3 nitrogen and oxygen atoms in total. The summed E-state index contributed by atoms with van der Waals surface area (Å²) in [5, 5.41) is 15.3. The lowest BCUT2D eigenvalue weighted by atomic mass is 9.92. The predicted octanol–water partition coefficient (Wildman–Crippen LogP) is 3.13. The van der Waals surface area contributed by atoms with Gasteiger partial charge >= 0.3 is 0 Å². The molecule has 0 aliphatic carbocycles. The monoisotopic (exact) mass is 264 g/mol. The number of hydrogen-bond acceptors (Lipinski definition) is 2. The van der Waals surface area contributed by atoms with Crippen molar-refractivity contribution in [2.75, 3.05) is 0 Å². The van der Waals surface area contributed by atoms with Gasteiger partial charge in [-0.05, 0) is 30.7 Å². The third-order valence-electron chi connectivity index (χ3n) is 3.48. The number of hydrogen-bond donors (Lipinski definition) is 1. The van der Waals surface area contributed by atoms with E-state index in [1.807, 2.05) is 66.7 Å². The molecule has 0 saturated heterocycles. The average molecular weight is 264 g/mol. The van der Waals surface area contributed by atoms with E-state index < -0.39 is 5.60 Å². The molecule has 1 N–H and O–H groups in total. The van der Waals surface area contributed by atoms with Crippen LogP contribution in [0.5, 0.6) is 0 Å². The third-order valence-corrected chi connectivity index (χ3v) is 3.48. The first kappa shape index (κ1) is 12.6. The molecule has 0 saturated carbocycles. The maximum atomic E-state index is 10.9. The minimum atomic E-state index is -1.09. The van der Waals surface area contributed by atoms with Gasteiger partial charge in [0.15, 0.2) is 0 Å². The molecule has 1 aromatic heterocycles. The van der Waals surface area contributed by atoms with E-state index in [1.165, 1.54) is 0 Å². The van der Waals surface area contributed by atoms with Crippen LogP contribution in [0.3, 0.4) is 0 Å². The van der Waals surface area contributed by atoms with E-state index in [0.29, 0.717) is 0 Å². The highest BCUT2D eigenvalue weighted by Gasteiger charge is 2.29. The fraction of sp³-hybridized carbons (Fsp3) is 0.118. The Morgan fingerprint density at radius 3 is 2.15 bits per heavy atom. The first-order valence-corrected chi connectivity index (χ1v) is 6.57. The smallest absolute Gasteiger partial charge is 0.129 e. The van der Waals surface area contributed by atoms with Crippen molar-refractivity contribution in [2.24, 2.45) is 0 Å². The number of nitrogens with zero attached hydrogens (tertiary/aromatic N) is 2. The molecule has 0 aliphatic heterocycles. The summed E-state index contributed by atoms with van der Waals surface area (Å²) in [5.74, 6) is 0. The molecule has 1 atom stereocenters. The van der Waals surface area contributed by atoms with Crippen LogP contribution in [0.4, 0.5) is 0 Å². The van der Waals surface area contributed by atoms with Gasteiger partial charge in [-0.2, -0.15) is 5.10 Å². The second-order valence-electron chi connectivity index (χ2n) is 4.90. The van der Waals surface area contributed by atoms with Crippen LogP contribution in [0.1, 0.15) is 18.2 Å². The first-order chi connectivity index (χ1) is 9.69. The maximum absolute atomic E-state index is 10.9. The third kappa shape index (κ3) is 2.12. The van der Waals surface area contributed by atoms with Crippen LogP contribution in [0.2, 0.25) is 0 Å². The van der Waals surface area contributed by atoms with Crippen LogP contribution in [-0.4, -0.2) is 14.9 Å². The van der Waals surface area contributed by atoms with E-state index in [-0.39, 0.29) is 0 Å². The Labute approximate surface area is 118 Å². The fourth-order valence-electron chi connectivity index (χ4n) is 2.36. The van der Waals surface area contributed by atoms with Gasteiger partial charge in [-0.1, -0.05) is 48.5 Å². The van der Waals surface area contributed by atoms with E-state index in [9.17, 15) is 5.11 Å². The summed E-state index contributed by atoms with van der Waals surface area (Å²) in [4.78, 5) is 0. The predicted molar refractivity (Wildman–Crippen MR) is 78.7 cm³/mol. The minimum absolute atomic E-state index is 0.745. The molecule has 20 heavy (non-hydrogen) atoms. The topological polar surface area (TPSA) is 38.1 Å². The molecule has 3 rings (SSSR count). The Hall–Kier alpha value is -2.39. The SMILES string of the molecule is CC(O)(c1ccccc1)c1ccnn1-c1ccccc1. The van der Waals surface area contributed by atoms with Crippen LogP contribution >= 0.6 is 0 Å². The molecule has 0 fully saturated rings. The number of rotatable bonds is 3. The normalized spacial score (nSPS) is 13.9. The lowest BCUT2D eigenvalue weighted by molar-refractivity contribution is 0.0946. The van der Waals surface area contributed by atoms with E-state index in [2.05, 4.69) is 5.10 Å². The van der Waals surface area contributed by atoms with Crippen LogP contribution in [-0.2, 0) is 5.60 Å². The summed E-state index contributed by atoms with van der Waals surface area (Å²) >= 11 is 0. The molecular weight excluding hydrogens is 248 g/mol. The van der Waals surface area contributed by atoms with E-state index in [4.69, 9.17) is 0 Å². The zero-order valence-electron chi connectivity index (χ0n) is 11.3. The Bertz CT molecular complexity index is 687. The zero-order valence-corrected chi connectivity index (χ0v) is 11.3. The second-order valence-corrected chi connectivity index (χ2v) is 4.90. The van der Waals surface area contributed by atoms with Crippen molar-refractivity contribution in [3.05, 3.63) is 84.2 Å². The number of para-hydroxylation sites is 1. The molecule has 0 amide bonds. The highest BCUT2D eigenvalue weighted by Crippen LogP contribution is 2.30. The molecule has 100 valence electrons. The van der Waals surface area contributed by atoms with Crippen LogP contribution in [0.25, 0.3) is 5.69 Å². The van der Waals surface area contributed by atoms with Crippen LogP contribution < -0.4 is 0 Å².